The Morgan fingerprint density at radius 2 is 1.74 bits per heavy atom. The number of fused-ring (bicyclic) bond motifs is 1. The van der Waals surface area contributed by atoms with Gasteiger partial charge in [-0.05, 0) is 24.3 Å². The summed E-state index contributed by atoms with van der Waals surface area (Å²) in [5.74, 6) is 0.110. The summed E-state index contributed by atoms with van der Waals surface area (Å²) in [6.07, 6.45) is 0. The highest BCUT2D eigenvalue weighted by Gasteiger charge is 2.12. The smallest absolute Gasteiger partial charge is 0.325 e. The fourth-order valence-corrected chi connectivity index (χ4v) is 3.52. The molecule has 0 N–H and O–H groups in total. The van der Waals surface area contributed by atoms with Crippen molar-refractivity contribution in [3.8, 4) is 11.5 Å². The summed E-state index contributed by atoms with van der Waals surface area (Å²) < 4.78 is 18.0. The van der Waals surface area contributed by atoms with Gasteiger partial charge in [0.15, 0.2) is 22.9 Å². The molecular formula is C19H18N2O5S. The van der Waals surface area contributed by atoms with Crippen LogP contribution >= 0.6 is 11.3 Å². The summed E-state index contributed by atoms with van der Waals surface area (Å²) in [5, 5.41) is 0. The van der Waals surface area contributed by atoms with E-state index >= 15 is 0 Å². The molecule has 0 aliphatic carbocycles. The Morgan fingerprint density at radius 1 is 1.04 bits per heavy atom. The molecule has 8 heteroatoms. The zero-order chi connectivity index (χ0) is 19.2. The van der Waals surface area contributed by atoms with Crippen molar-refractivity contribution < 1.29 is 23.8 Å². The van der Waals surface area contributed by atoms with Crippen LogP contribution in [-0.4, -0.2) is 37.3 Å². The van der Waals surface area contributed by atoms with E-state index in [0.717, 1.165) is 10.2 Å². The third kappa shape index (κ3) is 4.35. The lowest BCUT2D eigenvalue weighted by Crippen LogP contribution is -2.23. The molecule has 0 radical (unpaired) electrons. The van der Waals surface area contributed by atoms with Gasteiger partial charge in [0.05, 0.1) is 24.4 Å². The molecule has 140 valence electrons. The van der Waals surface area contributed by atoms with E-state index in [1.165, 1.54) is 25.6 Å². The molecule has 1 amide bonds. The van der Waals surface area contributed by atoms with Crippen LogP contribution in [0.15, 0.2) is 53.5 Å². The maximum Gasteiger partial charge on any atom is 0.325 e. The first-order valence-corrected chi connectivity index (χ1v) is 8.92. The van der Waals surface area contributed by atoms with Crippen molar-refractivity contribution in [2.24, 2.45) is 4.99 Å². The van der Waals surface area contributed by atoms with Crippen LogP contribution in [0.4, 0.5) is 0 Å². The average molecular weight is 386 g/mol. The number of amides is 1. The first kappa shape index (κ1) is 18.7. The van der Waals surface area contributed by atoms with Gasteiger partial charge < -0.3 is 18.8 Å². The third-order valence-electron chi connectivity index (χ3n) is 3.74. The van der Waals surface area contributed by atoms with Crippen molar-refractivity contribution in [2.45, 2.75) is 6.54 Å². The molecule has 3 rings (SSSR count). The van der Waals surface area contributed by atoms with E-state index in [9.17, 15) is 9.59 Å². The number of thiazole rings is 1. The van der Waals surface area contributed by atoms with Crippen LogP contribution in [0, 0.1) is 0 Å². The minimum absolute atomic E-state index is 0.0278. The number of carbonyl (C=O) groups is 2. The monoisotopic (exact) mass is 386 g/mol. The summed E-state index contributed by atoms with van der Waals surface area (Å²) in [6.45, 7) is -0.271. The quantitative estimate of drug-likeness (QED) is 0.608. The topological polar surface area (TPSA) is 79.1 Å². The molecule has 0 fully saturated rings. The SMILES string of the molecule is COC(=O)Cn1c(=NC(=O)COc2ccccc2OC)sc2ccccc21. The Morgan fingerprint density at radius 3 is 2.48 bits per heavy atom. The summed E-state index contributed by atoms with van der Waals surface area (Å²) in [5.41, 5.74) is 0.810. The van der Waals surface area contributed by atoms with E-state index in [1.54, 1.807) is 22.8 Å². The van der Waals surface area contributed by atoms with Crippen molar-refractivity contribution in [3.05, 3.63) is 53.3 Å². The van der Waals surface area contributed by atoms with Gasteiger partial charge in [0.2, 0.25) is 0 Å². The third-order valence-corrected chi connectivity index (χ3v) is 4.80. The molecule has 7 nitrogen and oxygen atoms in total. The molecule has 2 aromatic carbocycles. The van der Waals surface area contributed by atoms with Crippen LogP contribution < -0.4 is 14.3 Å². The van der Waals surface area contributed by atoms with Gasteiger partial charge in [-0.2, -0.15) is 4.99 Å². The zero-order valence-corrected chi connectivity index (χ0v) is 15.7. The molecule has 1 heterocycles. The second kappa shape index (κ2) is 8.50. The first-order valence-electron chi connectivity index (χ1n) is 8.11. The number of rotatable bonds is 6. The van der Waals surface area contributed by atoms with Gasteiger partial charge in [-0.25, -0.2) is 0 Å². The standard InChI is InChI=1S/C19H18N2O5S/c1-24-14-8-4-5-9-15(14)26-12-17(22)20-19-21(11-18(23)25-2)13-7-3-6-10-16(13)27-19/h3-10H,11-12H2,1-2H3. The van der Waals surface area contributed by atoms with Gasteiger partial charge in [-0.3, -0.25) is 9.59 Å². The van der Waals surface area contributed by atoms with Crippen molar-refractivity contribution in [1.29, 1.82) is 0 Å². The lowest BCUT2D eigenvalue weighted by atomic mass is 10.3. The van der Waals surface area contributed by atoms with E-state index in [-0.39, 0.29) is 13.2 Å². The van der Waals surface area contributed by atoms with Gasteiger partial charge in [-0.1, -0.05) is 35.6 Å². The van der Waals surface area contributed by atoms with Crippen molar-refractivity contribution >= 4 is 33.4 Å². The van der Waals surface area contributed by atoms with Gasteiger partial charge in [0.25, 0.3) is 5.91 Å². The minimum atomic E-state index is -0.467. The predicted octanol–water partition coefficient (Wildman–Crippen LogP) is 2.39. The average Bonchev–Trinajstić information content (AvgIpc) is 3.03. The number of aromatic nitrogens is 1. The van der Waals surface area contributed by atoms with Gasteiger partial charge >= 0.3 is 5.97 Å². The van der Waals surface area contributed by atoms with E-state index < -0.39 is 11.9 Å². The number of nitrogens with zero attached hydrogens (tertiary/aromatic N) is 2. The van der Waals surface area contributed by atoms with Crippen LogP contribution in [0.1, 0.15) is 0 Å². The second-order valence-corrected chi connectivity index (χ2v) is 6.47. The largest absolute Gasteiger partial charge is 0.493 e. The number of hydrogen-bond acceptors (Lipinski definition) is 6. The summed E-state index contributed by atoms with van der Waals surface area (Å²) in [7, 11) is 2.85. The molecular weight excluding hydrogens is 368 g/mol. The van der Waals surface area contributed by atoms with E-state index in [0.29, 0.717) is 16.3 Å². The highest BCUT2D eigenvalue weighted by Crippen LogP contribution is 2.25. The van der Waals surface area contributed by atoms with E-state index in [1.807, 2.05) is 30.3 Å². The van der Waals surface area contributed by atoms with Crippen molar-refractivity contribution in [1.82, 2.24) is 4.57 Å². The Balaban J connectivity index is 1.87. The lowest BCUT2D eigenvalue weighted by Gasteiger charge is -2.08. The normalized spacial score (nSPS) is 11.4. The molecule has 0 saturated carbocycles. The lowest BCUT2D eigenvalue weighted by molar-refractivity contribution is -0.141. The zero-order valence-electron chi connectivity index (χ0n) is 14.9. The van der Waals surface area contributed by atoms with Crippen molar-refractivity contribution in [2.75, 3.05) is 20.8 Å². The minimum Gasteiger partial charge on any atom is -0.493 e. The number of carbonyl (C=O) groups excluding carboxylic acids is 2. The van der Waals surface area contributed by atoms with Gasteiger partial charge in [0, 0.05) is 0 Å². The maximum atomic E-state index is 12.3. The number of esters is 1. The van der Waals surface area contributed by atoms with Crippen molar-refractivity contribution in [3.63, 3.8) is 0 Å². The van der Waals surface area contributed by atoms with Crippen LogP contribution in [0.3, 0.4) is 0 Å². The molecule has 0 unspecified atom stereocenters. The molecule has 3 aromatic rings. The van der Waals surface area contributed by atoms with E-state index in [2.05, 4.69) is 4.99 Å². The van der Waals surface area contributed by atoms with Crippen LogP contribution in [0.2, 0.25) is 0 Å². The van der Waals surface area contributed by atoms with Gasteiger partial charge in [-0.15, -0.1) is 0 Å². The van der Waals surface area contributed by atoms with Crippen LogP contribution in [0.25, 0.3) is 10.2 Å². The highest BCUT2D eigenvalue weighted by molar-refractivity contribution is 7.16. The molecule has 0 aliphatic heterocycles. The number of benzene rings is 2. The van der Waals surface area contributed by atoms with E-state index in [4.69, 9.17) is 14.2 Å². The fourth-order valence-electron chi connectivity index (χ4n) is 2.47. The Kier molecular flexibility index (Phi) is 5.87. The molecule has 0 saturated heterocycles. The molecule has 0 bridgehead atoms. The number of hydrogen-bond donors (Lipinski definition) is 0. The first-order chi connectivity index (χ1) is 13.1. The summed E-state index contributed by atoms with van der Waals surface area (Å²) in [4.78, 5) is 28.6. The number of methoxy groups -OCH3 is 2. The molecule has 27 heavy (non-hydrogen) atoms. The fraction of sp³-hybridized carbons (Fsp3) is 0.211. The molecule has 0 spiro atoms. The molecule has 0 atom stereocenters. The van der Waals surface area contributed by atoms with Crippen LogP contribution in [-0.2, 0) is 20.9 Å². The number of para-hydroxylation sites is 3. The van der Waals surface area contributed by atoms with Crippen LogP contribution in [0.5, 0.6) is 11.5 Å². The van der Waals surface area contributed by atoms with Gasteiger partial charge in [0.1, 0.15) is 6.54 Å². The Bertz CT molecular complexity index is 1040. The summed E-state index contributed by atoms with van der Waals surface area (Å²) >= 11 is 1.32. The number of ether oxygens (including phenoxy) is 3. The molecule has 1 aromatic heterocycles. The highest BCUT2D eigenvalue weighted by atomic mass is 32.1. The predicted molar refractivity (Wildman–Crippen MR) is 101 cm³/mol. The second-order valence-electron chi connectivity index (χ2n) is 5.46. The Hall–Kier alpha value is -3.13. The molecule has 0 aliphatic rings. The summed E-state index contributed by atoms with van der Waals surface area (Å²) in [6, 6.07) is 14.6. The maximum absolute atomic E-state index is 12.3. The Labute approximate surface area is 159 Å².